The van der Waals surface area contributed by atoms with E-state index in [9.17, 15) is 28.8 Å². The number of likely N-dealkylation sites (tertiary alicyclic amines) is 2. The first kappa shape index (κ1) is 30.6. The zero-order valence-electron chi connectivity index (χ0n) is 23.6. The molecule has 3 atom stereocenters. The molecule has 222 valence electrons. The van der Waals surface area contributed by atoms with E-state index in [2.05, 4.69) is 10.6 Å². The predicted octanol–water partition coefficient (Wildman–Crippen LogP) is 1.43. The number of esters is 1. The lowest BCUT2D eigenvalue weighted by Crippen LogP contribution is -2.57. The minimum absolute atomic E-state index is 0.0839. The van der Waals surface area contributed by atoms with Gasteiger partial charge in [0.25, 0.3) is 5.78 Å². The van der Waals surface area contributed by atoms with Gasteiger partial charge in [-0.2, -0.15) is 0 Å². The van der Waals surface area contributed by atoms with Crippen molar-refractivity contribution in [2.24, 2.45) is 0 Å². The van der Waals surface area contributed by atoms with Gasteiger partial charge in [0.1, 0.15) is 11.8 Å². The number of nitrogens with one attached hydrogen (secondary N) is 2. The fourth-order valence-electron chi connectivity index (χ4n) is 5.43. The average Bonchev–Trinajstić information content (AvgIpc) is 3.50. The Balaban J connectivity index is 1.49. The molecule has 0 aromatic heterocycles. The second-order valence-electron chi connectivity index (χ2n) is 10.5. The van der Waals surface area contributed by atoms with Crippen molar-refractivity contribution < 1.29 is 33.5 Å². The monoisotopic (exact) mass is 576 g/mol. The Kier molecular flexibility index (Phi) is 10.6. The van der Waals surface area contributed by atoms with Crippen LogP contribution >= 0.6 is 0 Å². The molecule has 0 bridgehead atoms. The molecular weight excluding hydrogens is 540 g/mol. The molecule has 4 amide bonds. The first-order valence-electron chi connectivity index (χ1n) is 14.1. The summed E-state index contributed by atoms with van der Waals surface area (Å²) in [5.41, 5.74) is 1.60. The van der Waals surface area contributed by atoms with E-state index < -0.39 is 47.7 Å². The summed E-state index contributed by atoms with van der Waals surface area (Å²) in [6, 6.07) is 14.9. The van der Waals surface area contributed by atoms with Crippen LogP contribution in [-0.4, -0.2) is 90.1 Å². The number of imide groups is 1. The predicted molar refractivity (Wildman–Crippen MR) is 152 cm³/mol. The highest BCUT2D eigenvalue weighted by molar-refractivity contribution is 6.35. The second-order valence-corrected chi connectivity index (χ2v) is 10.5. The maximum atomic E-state index is 13.5. The van der Waals surface area contributed by atoms with Gasteiger partial charge in [-0.1, -0.05) is 60.7 Å². The van der Waals surface area contributed by atoms with Gasteiger partial charge in [-0.15, -0.1) is 0 Å². The van der Waals surface area contributed by atoms with Crippen molar-refractivity contribution in [1.29, 1.82) is 0 Å². The van der Waals surface area contributed by atoms with Crippen LogP contribution in [0.2, 0.25) is 0 Å². The number of hydrogen-bond acceptors (Lipinski definition) is 8. The molecule has 2 heterocycles. The summed E-state index contributed by atoms with van der Waals surface area (Å²) >= 11 is 0. The number of carbonyl (C=O) groups is 6. The van der Waals surface area contributed by atoms with Crippen molar-refractivity contribution >= 4 is 35.4 Å². The van der Waals surface area contributed by atoms with E-state index in [0.29, 0.717) is 19.4 Å². The van der Waals surface area contributed by atoms with E-state index in [1.807, 2.05) is 60.7 Å². The number of ketones is 2. The number of Topliss-reactive ketones (excluding diaryl/α,β-unsaturated/α-hetero) is 2. The molecule has 11 heteroatoms. The Labute approximate surface area is 244 Å². The molecule has 2 aromatic carbocycles. The van der Waals surface area contributed by atoms with Crippen molar-refractivity contribution in [3.8, 4) is 0 Å². The number of methoxy groups -OCH3 is 1. The number of hydrogen-bond donors (Lipinski definition) is 2. The van der Waals surface area contributed by atoms with Gasteiger partial charge in [-0.05, 0) is 36.9 Å². The number of piperidine rings is 1. The highest BCUT2D eigenvalue weighted by Gasteiger charge is 2.41. The van der Waals surface area contributed by atoms with Crippen LogP contribution in [0.1, 0.15) is 36.8 Å². The number of rotatable bonds is 10. The van der Waals surface area contributed by atoms with Gasteiger partial charge in [0.05, 0.1) is 19.2 Å². The van der Waals surface area contributed by atoms with Crippen molar-refractivity contribution in [3.63, 3.8) is 0 Å². The molecular formula is C31H36N4O7. The summed E-state index contributed by atoms with van der Waals surface area (Å²) in [4.78, 5) is 80.0. The summed E-state index contributed by atoms with van der Waals surface area (Å²) in [5, 5.41) is 5.19. The minimum Gasteiger partial charge on any atom is -0.463 e. The molecule has 11 nitrogen and oxygen atoms in total. The first-order valence-corrected chi connectivity index (χ1v) is 14.1. The Morgan fingerprint density at radius 1 is 0.881 bits per heavy atom. The van der Waals surface area contributed by atoms with Crippen molar-refractivity contribution in [1.82, 2.24) is 20.4 Å². The number of urea groups is 1. The second kappa shape index (κ2) is 14.5. The van der Waals surface area contributed by atoms with Crippen LogP contribution in [0, 0.1) is 0 Å². The lowest BCUT2D eigenvalue weighted by atomic mass is 9.99. The summed E-state index contributed by atoms with van der Waals surface area (Å²) in [6.07, 6.45) is 1.82. The number of nitrogens with zero attached hydrogens (tertiary/aromatic N) is 2. The summed E-state index contributed by atoms with van der Waals surface area (Å²) < 4.78 is 4.70. The number of benzene rings is 2. The third-order valence-corrected chi connectivity index (χ3v) is 7.71. The van der Waals surface area contributed by atoms with Crippen LogP contribution in [0.15, 0.2) is 60.7 Å². The third kappa shape index (κ3) is 7.88. The quantitative estimate of drug-likeness (QED) is 0.320. The molecule has 0 spiro atoms. The van der Waals surface area contributed by atoms with E-state index in [1.54, 1.807) is 4.90 Å². The highest BCUT2D eigenvalue weighted by Crippen LogP contribution is 2.24. The Morgan fingerprint density at radius 2 is 1.48 bits per heavy atom. The van der Waals surface area contributed by atoms with Gasteiger partial charge in [-0.25, -0.2) is 9.59 Å². The van der Waals surface area contributed by atoms with Crippen molar-refractivity contribution in [3.05, 3.63) is 71.8 Å². The minimum atomic E-state index is -1.06. The van der Waals surface area contributed by atoms with E-state index in [-0.39, 0.29) is 44.6 Å². The van der Waals surface area contributed by atoms with Crippen LogP contribution in [-0.2, 0) is 41.6 Å². The highest BCUT2D eigenvalue weighted by atomic mass is 16.5. The molecule has 42 heavy (non-hydrogen) atoms. The molecule has 2 aliphatic heterocycles. The Bertz CT molecular complexity index is 1290. The molecule has 4 rings (SSSR count). The zero-order chi connectivity index (χ0) is 30.1. The third-order valence-electron chi connectivity index (χ3n) is 7.71. The maximum absolute atomic E-state index is 13.5. The van der Waals surface area contributed by atoms with Crippen LogP contribution in [0.3, 0.4) is 0 Å². The fraction of sp³-hybridized carbons (Fsp3) is 0.419. The molecule has 0 radical (unpaired) electrons. The standard InChI is InChI=1S/C31H36N4O7/c1-42-30(40)27(37)26(20-22-11-6-3-7-12-22)35-16-8-13-25(35)29(39)33-28(38)24(19-21-9-4-2-5-10-21)32-31(41)34-17-14-23(36)15-18-34/h2-7,9-12,24-26H,8,13-20H2,1H3,(H,32,41)(H,33,38,39)/t24-,25-,26?/m0/s1. The van der Waals surface area contributed by atoms with Crippen molar-refractivity contribution in [2.45, 2.75) is 56.7 Å². The van der Waals surface area contributed by atoms with Crippen LogP contribution < -0.4 is 10.6 Å². The number of carbonyl (C=O) groups excluding carboxylic acids is 6. The molecule has 2 fully saturated rings. The van der Waals surface area contributed by atoms with E-state index in [4.69, 9.17) is 4.74 Å². The van der Waals surface area contributed by atoms with Gasteiger partial charge >= 0.3 is 12.0 Å². The topological polar surface area (TPSA) is 142 Å². The lowest BCUT2D eigenvalue weighted by molar-refractivity contribution is -0.154. The number of ether oxygens (including phenoxy) is 1. The summed E-state index contributed by atoms with van der Waals surface area (Å²) in [5.74, 6) is -2.97. The average molecular weight is 577 g/mol. The van der Waals surface area contributed by atoms with E-state index in [1.165, 1.54) is 4.90 Å². The van der Waals surface area contributed by atoms with E-state index >= 15 is 0 Å². The van der Waals surface area contributed by atoms with Gasteiger partial charge < -0.3 is 15.0 Å². The number of amides is 4. The largest absolute Gasteiger partial charge is 0.463 e. The van der Waals surface area contributed by atoms with Crippen LogP contribution in [0.5, 0.6) is 0 Å². The van der Waals surface area contributed by atoms with Gasteiger partial charge in [-0.3, -0.25) is 29.4 Å². The van der Waals surface area contributed by atoms with Gasteiger partial charge in [0, 0.05) is 32.4 Å². The Morgan fingerprint density at radius 3 is 2.07 bits per heavy atom. The van der Waals surface area contributed by atoms with E-state index in [0.717, 1.165) is 18.2 Å². The molecule has 0 aliphatic carbocycles. The zero-order valence-corrected chi connectivity index (χ0v) is 23.6. The lowest BCUT2D eigenvalue weighted by Gasteiger charge is -2.31. The molecule has 2 saturated heterocycles. The Hall–Kier alpha value is -4.38. The van der Waals surface area contributed by atoms with Crippen LogP contribution in [0.4, 0.5) is 4.79 Å². The molecule has 1 unspecified atom stereocenters. The first-order chi connectivity index (χ1) is 20.3. The fourth-order valence-corrected chi connectivity index (χ4v) is 5.43. The van der Waals surface area contributed by atoms with Gasteiger partial charge in [0.15, 0.2) is 0 Å². The van der Waals surface area contributed by atoms with Crippen LogP contribution in [0.25, 0.3) is 0 Å². The summed E-state index contributed by atoms with van der Waals surface area (Å²) in [7, 11) is 1.13. The molecule has 2 aliphatic rings. The SMILES string of the molecule is COC(=O)C(=O)C(Cc1ccccc1)N1CCC[C@H]1C(=O)NC(=O)[C@H](Cc1ccccc1)NC(=O)N1CCC(=O)CC1. The normalized spacial score (nSPS) is 18.5. The molecule has 2 N–H and O–H groups in total. The van der Waals surface area contributed by atoms with Gasteiger partial charge in [0.2, 0.25) is 11.8 Å². The smallest absolute Gasteiger partial charge is 0.376 e. The molecule has 2 aromatic rings. The van der Waals surface area contributed by atoms with Crippen molar-refractivity contribution in [2.75, 3.05) is 26.7 Å². The maximum Gasteiger partial charge on any atom is 0.376 e. The molecule has 0 saturated carbocycles. The summed E-state index contributed by atoms with van der Waals surface area (Å²) in [6.45, 7) is 0.902.